The fourth-order valence-corrected chi connectivity index (χ4v) is 3.86. The summed E-state index contributed by atoms with van der Waals surface area (Å²) in [6.45, 7) is 3.79. The van der Waals surface area contributed by atoms with Crippen LogP contribution in [0.3, 0.4) is 0 Å². The van der Waals surface area contributed by atoms with Gasteiger partial charge < -0.3 is 4.74 Å². The molecule has 10 heteroatoms. The van der Waals surface area contributed by atoms with Crippen LogP contribution in [0.15, 0.2) is 18.7 Å². The van der Waals surface area contributed by atoms with Crippen molar-refractivity contribution in [1.82, 2.24) is 29.4 Å². The molecule has 0 aliphatic rings. The predicted molar refractivity (Wildman–Crippen MR) is 93.3 cm³/mol. The van der Waals surface area contributed by atoms with Gasteiger partial charge >= 0.3 is 5.97 Å². The molecule has 0 radical (unpaired) electrons. The average molecular weight is 377 g/mol. The van der Waals surface area contributed by atoms with E-state index in [-0.39, 0.29) is 12.0 Å². The molecule has 0 bridgehead atoms. The minimum Gasteiger partial charge on any atom is -0.465 e. The summed E-state index contributed by atoms with van der Waals surface area (Å²) in [6, 6.07) is -0.193. The highest BCUT2D eigenvalue weighted by Crippen LogP contribution is 2.32. The smallest absolute Gasteiger partial charge is 0.348 e. The van der Waals surface area contributed by atoms with Gasteiger partial charge in [-0.15, -0.1) is 16.4 Å². The third kappa shape index (κ3) is 2.47. The van der Waals surface area contributed by atoms with Crippen LogP contribution in [0.1, 0.15) is 34.0 Å². The average Bonchev–Trinajstić information content (AvgIpc) is 3.30. The fraction of sp³-hybridized carbons (Fsp3) is 0.267. The second-order valence-electron chi connectivity index (χ2n) is 5.53. The zero-order chi connectivity index (χ0) is 17.7. The number of rotatable bonds is 3. The third-order valence-corrected chi connectivity index (χ3v) is 5.37. The van der Waals surface area contributed by atoms with Gasteiger partial charge in [0.2, 0.25) is 0 Å². The van der Waals surface area contributed by atoms with E-state index >= 15 is 0 Å². The van der Waals surface area contributed by atoms with Gasteiger partial charge in [0.1, 0.15) is 22.1 Å². The van der Waals surface area contributed by atoms with Crippen molar-refractivity contribution < 1.29 is 9.53 Å². The Labute approximate surface area is 151 Å². The number of aryl methyl sites for hydroxylation is 1. The Morgan fingerprint density at radius 2 is 2.24 bits per heavy atom. The molecule has 4 rings (SSSR count). The number of hydrogen-bond acceptors (Lipinski definition) is 7. The molecule has 0 aliphatic heterocycles. The van der Waals surface area contributed by atoms with E-state index in [0.717, 1.165) is 15.8 Å². The van der Waals surface area contributed by atoms with E-state index in [1.807, 2.05) is 13.8 Å². The van der Waals surface area contributed by atoms with Crippen LogP contribution in [0.25, 0.3) is 15.9 Å². The number of halogens is 1. The summed E-state index contributed by atoms with van der Waals surface area (Å²) in [5.74, 6) is 0.206. The molecule has 0 N–H and O–H groups in total. The van der Waals surface area contributed by atoms with E-state index in [4.69, 9.17) is 16.3 Å². The first-order chi connectivity index (χ1) is 12.0. The Morgan fingerprint density at radius 3 is 2.92 bits per heavy atom. The zero-order valence-corrected chi connectivity index (χ0v) is 15.2. The van der Waals surface area contributed by atoms with E-state index in [1.165, 1.54) is 18.4 Å². The lowest BCUT2D eigenvalue weighted by Gasteiger charge is -2.06. The molecule has 0 saturated carbocycles. The molecule has 4 heterocycles. The number of hydrogen-bond donors (Lipinski definition) is 0. The molecule has 0 aliphatic carbocycles. The van der Waals surface area contributed by atoms with Gasteiger partial charge in [-0.3, -0.25) is 4.68 Å². The van der Waals surface area contributed by atoms with Gasteiger partial charge in [-0.05, 0) is 19.4 Å². The van der Waals surface area contributed by atoms with Crippen molar-refractivity contribution in [3.63, 3.8) is 0 Å². The number of methoxy groups -OCH3 is 1. The number of esters is 1. The van der Waals surface area contributed by atoms with Gasteiger partial charge in [-0.2, -0.15) is 5.10 Å². The number of carbonyl (C=O) groups excluding carboxylic acids is 1. The molecule has 0 aromatic carbocycles. The summed E-state index contributed by atoms with van der Waals surface area (Å²) in [7, 11) is 1.36. The number of aromatic nitrogens is 6. The van der Waals surface area contributed by atoms with E-state index in [2.05, 4.69) is 20.2 Å². The number of ether oxygens (including phenoxy) is 1. The Bertz CT molecular complexity index is 1110. The SMILES string of the molecule is COC(=O)c1sc2ncn3nc(C(C)n4cc(Cl)cn4)nc3c2c1C. The second kappa shape index (κ2) is 5.78. The van der Waals surface area contributed by atoms with Gasteiger partial charge in [-0.1, -0.05) is 11.6 Å². The Hall–Kier alpha value is -2.52. The van der Waals surface area contributed by atoms with Crippen LogP contribution in [-0.2, 0) is 4.74 Å². The zero-order valence-electron chi connectivity index (χ0n) is 13.6. The Kier molecular flexibility index (Phi) is 3.69. The molecule has 8 nitrogen and oxygen atoms in total. The van der Waals surface area contributed by atoms with E-state index < -0.39 is 0 Å². The standard InChI is InChI=1S/C15H13ClN6O2S/c1-7-10-13-19-12(8(2)21-5-9(16)4-18-21)20-22(13)6-17-14(10)25-11(7)15(23)24-3/h4-6,8H,1-3H3. The maximum absolute atomic E-state index is 11.9. The lowest BCUT2D eigenvalue weighted by Crippen LogP contribution is -2.09. The van der Waals surface area contributed by atoms with Gasteiger partial charge in [0.15, 0.2) is 11.5 Å². The normalized spacial score (nSPS) is 12.8. The quantitative estimate of drug-likeness (QED) is 0.511. The van der Waals surface area contributed by atoms with Crippen LogP contribution in [0.4, 0.5) is 0 Å². The molecule has 25 heavy (non-hydrogen) atoms. The van der Waals surface area contributed by atoms with Gasteiger partial charge in [0.25, 0.3) is 0 Å². The van der Waals surface area contributed by atoms with Crippen molar-refractivity contribution in [2.45, 2.75) is 19.9 Å². The topological polar surface area (TPSA) is 87.2 Å². The van der Waals surface area contributed by atoms with Crippen molar-refractivity contribution in [3.8, 4) is 0 Å². The van der Waals surface area contributed by atoms with Crippen LogP contribution in [-0.4, -0.2) is 42.4 Å². The number of thiophene rings is 1. The second-order valence-corrected chi connectivity index (χ2v) is 6.96. The summed E-state index contributed by atoms with van der Waals surface area (Å²) in [6.07, 6.45) is 4.88. The lowest BCUT2D eigenvalue weighted by atomic mass is 10.2. The summed E-state index contributed by atoms with van der Waals surface area (Å²) in [5.41, 5.74) is 1.44. The Morgan fingerprint density at radius 1 is 1.44 bits per heavy atom. The first-order valence-electron chi connectivity index (χ1n) is 7.42. The van der Waals surface area contributed by atoms with Crippen LogP contribution in [0.2, 0.25) is 5.02 Å². The van der Waals surface area contributed by atoms with Crippen molar-refractivity contribution >= 4 is 44.8 Å². The van der Waals surface area contributed by atoms with E-state index in [1.54, 1.807) is 27.9 Å². The number of fused-ring (bicyclic) bond motifs is 3. The minimum atomic E-state index is -0.377. The third-order valence-electron chi connectivity index (χ3n) is 4.00. The molecule has 0 spiro atoms. The van der Waals surface area contributed by atoms with Crippen molar-refractivity contribution in [2.75, 3.05) is 7.11 Å². The van der Waals surface area contributed by atoms with Crippen LogP contribution < -0.4 is 0 Å². The number of carbonyl (C=O) groups is 1. The van der Waals surface area contributed by atoms with Crippen molar-refractivity contribution in [1.29, 1.82) is 0 Å². The van der Waals surface area contributed by atoms with E-state index in [9.17, 15) is 4.79 Å². The molecular formula is C15H13ClN6O2S. The number of nitrogens with zero attached hydrogens (tertiary/aromatic N) is 6. The lowest BCUT2D eigenvalue weighted by molar-refractivity contribution is 0.0605. The van der Waals surface area contributed by atoms with Crippen molar-refractivity contribution in [3.05, 3.63) is 40.0 Å². The monoisotopic (exact) mass is 376 g/mol. The Balaban J connectivity index is 1.89. The fourth-order valence-electron chi connectivity index (χ4n) is 2.66. The van der Waals surface area contributed by atoms with Gasteiger partial charge in [0, 0.05) is 6.20 Å². The minimum absolute atomic E-state index is 0.193. The van der Waals surface area contributed by atoms with Crippen LogP contribution in [0, 0.1) is 6.92 Å². The first-order valence-corrected chi connectivity index (χ1v) is 8.61. The maximum Gasteiger partial charge on any atom is 0.348 e. The summed E-state index contributed by atoms with van der Waals surface area (Å²) >= 11 is 7.22. The highest BCUT2D eigenvalue weighted by Gasteiger charge is 2.22. The summed E-state index contributed by atoms with van der Waals surface area (Å²) in [4.78, 5) is 22.2. The van der Waals surface area contributed by atoms with Crippen LogP contribution >= 0.6 is 22.9 Å². The largest absolute Gasteiger partial charge is 0.465 e. The molecular weight excluding hydrogens is 364 g/mol. The van der Waals surface area contributed by atoms with E-state index in [0.29, 0.717) is 21.4 Å². The first kappa shape index (κ1) is 16.0. The maximum atomic E-state index is 11.9. The molecule has 4 aromatic heterocycles. The molecule has 4 aromatic rings. The van der Waals surface area contributed by atoms with Gasteiger partial charge in [0.05, 0.1) is 23.7 Å². The molecule has 0 amide bonds. The molecule has 0 fully saturated rings. The highest BCUT2D eigenvalue weighted by molar-refractivity contribution is 7.20. The molecule has 128 valence electrons. The molecule has 1 unspecified atom stereocenters. The molecule has 0 saturated heterocycles. The summed E-state index contributed by atoms with van der Waals surface area (Å²) in [5, 5.41) is 10.0. The highest BCUT2D eigenvalue weighted by atomic mass is 35.5. The van der Waals surface area contributed by atoms with Crippen LogP contribution in [0.5, 0.6) is 0 Å². The van der Waals surface area contributed by atoms with Gasteiger partial charge in [-0.25, -0.2) is 19.3 Å². The summed E-state index contributed by atoms with van der Waals surface area (Å²) < 4.78 is 8.15. The molecule has 1 atom stereocenters. The van der Waals surface area contributed by atoms with Crippen molar-refractivity contribution in [2.24, 2.45) is 0 Å². The predicted octanol–water partition coefficient (Wildman–Crippen LogP) is 2.89.